The third kappa shape index (κ3) is 3.97. The maximum atomic E-state index is 5.34. The summed E-state index contributed by atoms with van der Waals surface area (Å²) in [4.78, 5) is 10.7. The second kappa shape index (κ2) is 10.6. The largest absolute Gasteiger partial charge is 0.309 e. The Bertz CT molecular complexity index is 3070. The van der Waals surface area contributed by atoms with Crippen molar-refractivity contribution in [2.75, 3.05) is 0 Å². The third-order valence-electron chi connectivity index (χ3n) is 10.2. The van der Waals surface area contributed by atoms with Crippen LogP contribution in [0.2, 0.25) is 0 Å². The molecule has 3 heterocycles. The van der Waals surface area contributed by atoms with Crippen molar-refractivity contribution in [3.63, 3.8) is 0 Å². The molecule has 232 valence electrons. The molecule has 0 amide bonds. The Balaban J connectivity index is 1.21. The molecule has 0 N–H and O–H groups in total. The Labute approximate surface area is 291 Å². The summed E-state index contributed by atoms with van der Waals surface area (Å²) in [6, 6.07) is 58.8. The second-order valence-electron chi connectivity index (χ2n) is 12.9. The van der Waals surface area contributed by atoms with Gasteiger partial charge in [-0.25, -0.2) is 9.97 Å². The lowest BCUT2D eigenvalue weighted by Gasteiger charge is -2.14. The zero-order valence-corrected chi connectivity index (χ0v) is 27.7. The van der Waals surface area contributed by atoms with E-state index in [0.717, 1.165) is 39.2 Å². The molecule has 50 heavy (non-hydrogen) atoms. The average molecular weight is 654 g/mol. The van der Waals surface area contributed by atoms with E-state index >= 15 is 0 Å². The van der Waals surface area contributed by atoms with E-state index in [1.165, 1.54) is 63.5 Å². The quantitative estimate of drug-likeness (QED) is 0.190. The van der Waals surface area contributed by atoms with E-state index in [9.17, 15) is 0 Å². The maximum absolute atomic E-state index is 5.34. The Morgan fingerprint density at radius 3 is 1.74 bits per heavy atom. The fourth-order valence-corrected chi connectivity index (χ4v) is 9.16. The molecule has 0 spiro atoms. The van der Waals surface area contributed by atoms with E-state index in [4.69, 9.17) is 9.97 Å². The van der Waals surface area contributed by atoms with Gasteiger partial charge in [0.15, 0.2) is 0 Å². The van der Waals surface area contributed by atoms with E-state index in [-0.39, 0.29) is 0 Å². The number of fused-ring (bicyclic) bond motifs is 11. The van der Waals surface area contributed by atoms with Gasteiger partial charge in [0.25, 0.3) is 0 Å². The van der Waals surface area contributed by atoms with Crippen LogP contribution in [0.1, 0.15) is 0 Å². The molecular weight excluding hydrogens is 627 g/mol. The SMILES string of the molecule is c1cc(-c2nc3ccccc3nc2-c2cccc3c2sc2ccccc23)cc(-n2c3ccc4ccccc4c3c3c4ccccc4ccc32)c1. The lowest BCUT2D eigenvalue weighted by Crippen LogP contribution is -1.98. The molecule has 0 fully saturated rings. The van der Waals surface area contributed by atoms with E-state index in [2.05, 4.69) is 156 Å². The molecule has 3 aromatic heterocycles. The Morgan fingerprint density at radius 1 is 0.440 bits per heavy atom. The molecule has 3 nitrogen and oxygen atoms in total. The number of aromatic nitrogens is 3. The minimum atomic E-state index is 0.882. The van der Waals surface area contributed by atoms with Crippen molar-refractivity contribution in [1.29, 1.82) is 0 Å². The standard InChI is InChI=1S/C46H27N3S/c1-3-15-32-28(11-1)23-25-39-42(32)43-33-16-4-2-12-29(33)24-26-40(43)49(39)31-14-9-13-30(27-31)44-45(48-38-21-7-6-20-37(38)47-44)36-19-10-18-35-34-17-5-8-22-41(34)50-46(35)36/h1-27H. The topological polar surface area (TPSA) is 30.7 Å². The van der Waals surface area contributed by atoms with Crippen LogP contribution in [0.5, 0.6) is 0 Å². The van der Waals surface area contributed by atoms with Gasteiger partial charge in [-0.05, 0) is 64.0 Å². The molecule has 4 heteroatoms. The van der Waals surface area contributed by atoms with Crippen LogP contribution in [0.3, 0.4) is 0 Å². The summed E-state index contributed by atoms with van der Waals surface area (Å²) < 4.78 is 4.93. The average Bonchev–Trinajstić information content (AvgIpc) is 3.74. The summed E-state index contributed by atoms with van der Waals surface area (Å²) in [5.41, 5.74) is 9.16. The van der Waals surface area contributed by atoms with Gasteiger partial charge in [-0.15, -0.1) is 11.3 Å². The van der Waals surface area contributed by atoms with Crippen molar-refractivity contribution in [2.45, 2.75) is 0 Å². The smallest absolute Gasteiger partial charge is 0.0987 e. The minimum Gasteiger partial charge on any atom is -0.309 e. The zero-order valence-electron chi connectivity index (χ0n) is 26.8. The molecule has 0 atom stereocenters. The predicted octanol–water partition coefficient (Wildman–Crippen LogP) is 12.7. The van der Waals surface area contributed by atoms with Gasteiger partial charge in [0, 0.05) is 47.8 Å². The Hall–Kier alpha value is -6.36. The number of para-hydroxylation sites is 2. The lowest BCUT2D eigenvalue weighted by atomic mass is 10.00. The summed E-state index contributed by atoms with van der Waals surface area (Å²) in [6.07, 6.45) is 0. The number of rotatable bonds is 3. The highest BCUT2D eigenvalue weighted by Gasteiger charge is 2.20. The first-order valence-electron chi connectivity index (χ1n) is 16.9. The molecule has 0 unspecified atom stereocenters. The summed E-state index contributed by atoms with van der Waals surface area (Å²) >= 11 is 1.83. The van der Waals surface area contributed by atoms with Gasteiger partial charge in [0.05, 0.1) is 33.5 Å². The van der Waals surface area contributed by atoms with Crippen molar-refractivity contribution in [2.24, 2.45) is 0 Å². The highest BCUT2D eigenvalue weighted by Crippen LogP contribution is 2.44. The van der Waals surface area contributed by atoms with Gasteiger partial charge in [-0.2, -0.15) is 0 Å². The number of hydrogen-bond acceptors (Lipinski definition) is 3. The normalized spacial score (nSPS) is 12.0. The molecule has 0 saturated heterocycles. The Kier molecular flexibility index (Phi) is 5.83. The molecule has 0 aliphatic heterocycles. The molecule has 8 aromatic carbocycles. The van der Waals surface area contributed by atoms with E-state index < -0.39 is 0 Å². The molecule has 0 saturated carbocycles. The number of thiophene rings is 1. The second-order valence-corrected chi connectivity index (χ2v) is 14.0. The van der Waals surface area contributed by atoms with E-state index in [1.807, 2.05) is 23.5 Å². The van der Waals surface area contributed by atoms with Crippen molar-refractivity contribution >= 4 is 85.9 Å². The van der Waals surface area contributed by atoms with Gasteiger partial charge in [-0.1, -0.05) is 121 Å². The molecule has 0 radical (unpaired) electrons. The molecule has 11 aromatic rings. The van der Waals surface area contributed by atoms with Gasteiger partial charge in [0.1, 0.15) is 0 Å². The monoisotopic (exact) mass is 653 g/mol. The maximum Gasteiger partial charge on any atom is 0.0987 e. The third-order valence-corrected chi connectivity index (χ3v) is 11.4. The lowest BCUT2D eigenvalue weighted by molar-refractivity contribution is 1.18. The molecule has 0 bridgehead atoms. The summed E-state index contributed by atoms with van der Waals surface area (Å²) in [5, 5.41) is 10.1. The first kappa shape index (κ1) is 27.6. The van der Waals surface area contributed by atoms with Crippen molar-refractivity contribution in [1.82, 2.24) is 14.5 Å². The van der Waals surface area contributed by atoms with Crippen LogP contribution in [-0.4, -0.2) is 14.5 Å². The summed E-state index contributed by atoms with van der Waals surface area (Å²) in [6.45, 7) is 0. The van der Waals surface area contributed by atoms with Gasteiger partial charge < -0.3 is 4.57 Å². The van der Waals surface area contributed by atoms with Gasteiger partial charge >= 0.3 is 0 Å². The van der Waals surface area contributed by atoms with Gasteiger partial charge in [0.2, 0.25) is 0 Å². The summed E-state index contributed by atoms with van der Waals surface area (Å²) in [7, 11) is 0. The number of hydrogen-bond donors (Lipinski definition) is 0. The van der Waals surface area contributed by atoms with Crippen LogP contribution in [0, 0.1) is 0 Å². The highest BCUT2D eigenvalue weighted by molar-refractivity contribution is 7.26. The molecular formula is C46H27N3S. The van der Waals surface area contributed by atoms with Crippen molar-refractivity contribution in [3.8, 4) is 28.2 Å². The van der Waals surface area contributed by atoms with Crippen LogP contribution in [0.25, 0.3) is 103 Å². The fraction of sp³-hybridized carbons (Fsp3) is 0. The first-order valence-corrected chi connectivity index (χ1v) is 17.7. The van der Waals surface area contributed by atoms with Crippen LogP contribution in [0.15, 0.2) is 164 Å². The fourth-order valence-electron chi connectivity index (χ4n) is 7.94. The molecule has 0 aliphatic rings. The van der Waals surface area contributed by atoms with E-state index in [1.54, 1.807) is 0 Å². The van der Waals surface area contributed by atoms with E-state index in [0.29, 0.717) is 0 Å². The predicted molar refractivity (Wildman–Crippen MR) is 213 cm³/mol. The number of benzene rings is 8. The number of nitrogens with zero attached hydrogens (tertiary/aromatic N) is 3. The first-order chi connectivity index (χ1) is 24.8. The highest BCUT2D eigenvalue weighted by atomic mass is 32.1. The zero-order chi connectivity index (χ0) is 32.8. The van der Waals surface area contributed by atoms with Gasteiger partial charge in [-0.3, -0.25) is 0 Å². The van der Waals surface area contributed by atoms with Crippen LogP contribution >= 0.6 is 11.3 Å². The van der Waals surface area contributed by atoms with Crippen molar-refractivity contribution < 1.29 is 0 Å². The van der Waals surface area contributed by atoms with Crippen LogP contribution < -0.4 is 0 Å². The van der Waals surface area contributed by atoms with Crippen LogP contribution in [0.4, 0.5) is 0 Å². The molecule has 0 aliphatic carbocycles. The van der Waals surface area contributed by atoms with Crippen molar-refractivity contribution in [3.05, 3.63) is 164 Å². The molecule has 11 rings (SSSR count). The van der Waals surface area contributed by atoms with Crippen LogP contribution in [-0.2, 0) is 0 Å². The summed E-state index contributed by atoms with van der Waals surface area (Å²) in [5.74, 6) is 0. The minimum absolute atomic E-state index is 0.882. The Morgan fingerprint density at radius 2 is 1.02 bits per heavy atom.